The topological polar surface area (TPSA) is 9.86 Å². The molecule has 0 radical (unpaired) electrons. The summed E-state index contributed by atoms with van der Waals surface area (Å²) in [6.07, 6.45) is 31.5. The van der Waals surface area contributed by atoms with Crippen LogP contribution < -0.4 is 24.8 Å². The largest absolute Gasteiger partial charge is 1.00 e. The van der Waals surface area contributed by atoms with Gasteiger partial charge in [-0.05, 0) is 55.5 Å². The van der Waals surface area contributed by atoms with Crippen molar-refractivity contribution in [1.82, 2.24) is 9.13 Å². The zero-order chi connectivity index (χ0) is 37.8. The van der Waals surface area contributed by atoms with Crippen molar-refractivity contribution in [2.24, 2.45) is 0 Å². The molecule has 3 fully saturated rings. The molecule has 4 aromatic rings. The maximum absolute atomic E-state index is 2.95. The van der Waals surface area contributed by atoms with E-state index in [-0.39, 0.29) is 24.8 Å². The Morgan fingerprint density at radius 2 is 0.982 bits per heavy atom. The van der Waals surface area contributed by atoms with Crippen LogP contribution in [0.4, 0.5) is 0 Å². The molecule has 2 nitrogen and oxygen atoms in total. The van der Waals surface area contributed by atoms with Crippen LogP contribution in [0.1, 0.15) is 153 Å². The summed E-state index contributed by atoms with van der Waals surface area (Å²) in [6, 6.07) is 19.9. The number of imidazole rings is 1. The first-order chi connectivity index (χ1) is 26.2. The first-order valence-electron chi connectivity index (χ1n) is 21.4. The monoisotopic (exact) mass is 896 g/mol. The Kier molecular flexibility index (Phi) is 16.7. The number of halogens is 2. The van der Waals surface area contributed by atoms with Gasteiger partial charge in [0.2, 0.25) is 0 Å². The molecule has 56 heavy (non-hydrogen) atoms. The van der Waals surface area contributed by atoms with Gasteiger partial charge in [-0.3, -0.25) is 0 Å². The molecular formula is C50H65Cl2N2PRu. The zero-order valence-corrected chi connectivity index (χ0v) is 39.1. The molecule has 6 heteroatoms. The van der Waals surface area contributed by atoms with Crippen LogP contribution in [0.3, 0.4) is 0 Å². The molecular weight excluding hydrogens is 832 g/mol. The van der Waals surface area contributed by atoms with Gasteiger partial charge in [-0.15, -0.1) is 0 Å². The van der Waals surface area contributed by atoms with Gasteiger partial charge >= 0.3 is 219 Å². The van der Waals surface area contributed by atoms with Crippen molar-refractivity contribution >= 4 is 25.6 Å². The van der Waals surface area contributed by atoms with Crippen molar-refractivity contribution in [3.63, 3.8) is 0 Å². The standard InChI is InChI=1S/C32H32N2.C18H33P.2ClH.Ru/c1-21-15-23(3)30(24(4)16-21)33-20-34(31-25(5)17-22(2)18-26(31)6)32-28(13-10-14-29(32)33)19-27-11-8-7-9-12-27;1-4-10-16(11-5-1)19(17-12-6-2-7-13-17)18-14-8-3-9-15-18;;;/h7-12,14-19H,13H2,1-6H3;16-18H,1-15H2;2*1H;/q;;;;+2/p-2. The summed E-state index contributed by atoms with van der Waals surface area (Å²) in [4.78, 5) is 0. The molecule has 1 aromatic heterocycles. The molecule has 4 aliphatic carbocycles. The van der Waals surface area contributed by atoms with E-state index in [2.05, 4.69) is 141 Å². The zero-order valence-electron chi connectivity index (χ0n) is 34.9. The van der Waals surface area contributed by atoms with E-state index in [1.54, 1.807) is 77.0 Å². The normalized spacial score (nSPS) is 18.5. The van der Waals surface area contributed by atoms with Crippen LogP contribution in [0.25, 0.3) is 29.1 Å². The Morgan fingerprint density at radius 3 is 1.41 bits per heavy atom. The van der Waals surface area contributed by atoms with E-state index in [0.29, 0.717) is 7.92 Å². The number of benzene rings is 3. The van der Waals surface area contributed by atoms with Gasteiger partial charge < -0.3 is 24.8 Å². The molecule has 3 saturated carbocycles. The van der Waals surface area contributed by atoms with Crippen molar-refractivity contribution in [3.05, 3.63) is 115 Å². The van der Waals surface area contributed by atoms with Crippen molar-refractivity contribution in [3.8, 4) is 11.4 Å². The van der Waals surface area contributed by atoms with Crippen LogP contribution in [-0.4, -0.2) is 26.1 Å². The molecule has 0 unspecified atom stereocenters. The SMILES string of the molecule is C1CCC(P(C2CCCCC2)C2CCCCC2)CC1.Cc1cc(C)c(-n2c3c(n(-c4c(C)cc(C)cc4C)[c]2=[Ru+2])C(=Cc2ccccc2)CC=C3)c(C)c1.[Cl-].[Cl-]. The molecule has 0 bridgehead atoms. The van der Waals surface area contributed by atoms with Gasteiger partial charge in [-0.25, -0.2) is 0 Å². The average molecular weight is 897 g/mol. The number of rotatable bonds is 6. The maximum atomic E-state index is 2.95. The van der Waals surface area contributed by atoms with Crippen molar-refractivity contribution < 1.29 is 42.7 Å². The third-order valence-corrected chi connectivity index (χ3v) is 17.7. The van der Waals surface area contributed by atoms with Crippen LogP contribution >= 0.6 is 7.92 Å². The second-order valence-electron chi connectivity index (χ2n) is 17.2. The molecule has 4 aliphatic rings. The Hall–Kier alpha value is -2.02. The minimum atomic E-state index is 0. The second kappa shape index (κ2) is 20.8. The van der Waals surface area contributed by atoms with Gasteiger partial charge in [0.25, 0.3) is 0 Å². The predicted octanol–water partition coefficient (Wildman–Crippen LogP) is 8.63. The number of fused-ring (bicyclic) bond motifs is 1. The first kappa shape index (κ1) is 45.1. The summed E-state index contributed by atoms with van der Waals surface area (Å²) in [6.45, 7) is 13.3. The van der Waals surface area contributed by atoms with Crippen LogP contribution in [0.5, 0.6) is 0 Å². The summed E-state index contributed by atoms with van der Waals surface area (Å²) in [5.74, 6) is 0. The van der Waals surface area contributed by atoms with Crippen molar-refractivity contribution in [2.45, 2.75) is 161 Å². The molecule has 0 aliphatic heterocycles. The van der Waals surface area contributed by atoms with Gasteiger partial charge in [0.05, 0.1) is 0 Å². The fourth-order valence-corrected chi connectivity index (χ4v) is 16.2. The average Bonchev–Trinajstić information content (AvgIpc) is 3.44. The first-order valence-corrected chi connectivity index (χ1v) is 23.8. The van der Waals surface area contributed by atoms with Gasteiger partial charge in [-0.1, -0.05) is 65.7 Å². The van der Waals surface area contributed by atoms with E-state index >= 15 is 0 Å². The summed E-state index contributed by atoms with van der Waals surface area (Å²) < 4.78 is 6.08. The van der Waals surface area contributed by atoms with Crippen LogP contribution in [0.2, 0.25) is 0 Å². The summed E-state index contributed by atoms with van der Waals surface area (Å²) >= 11 is 2.95. The molecule has 8 rings (SSSR count). The molecule has 1 heterocycles. The number of hydrogen-bond acceptors (Lipinski definition) is 0. The third kappa shape index (κ3) is 10.0. The van der Waals surface area contributed by atoms with E-state index in [4.69, 9.17) is 0 Å². The smallest absolute Gasteiger partial charge is 1.00 e. The number of aryl methyl sites for hydroxylation is 6. The molecule has 0 atom stereocenters. The molecule has 0 spiro atoms. The van der Waals surface area contributed by atoms with E-state index < -0.39 is 0 Å². The summed E-state index contributed by atoms with van der Waals surface area (Å²) in [7, 11) is 0.385. The number of allylic oxidation sites excluding steroid dienone is 2. The maximum Gasteiger partial charge on any atom is -1.00 e. The van der Waals surface area contributed by atoms with Crippen LogP contribution in [-0.2, 0) is 17.9 Å². The fourth-order valence-electron chi connectivity index (χ4n) is 10.7. The Bertz CT molecular complexity index is 1950. The minimum absolute atomic E-state index is 0. The van der Waals surface area contributed by atoms with Crippen LogP contribution in [0.15, 0.2) is 60.7 Å². The van der Waals surface area contributed by atoms with Gasteiger partial charge in [0, 0.05) is 0 Å². The van der Waals surface area contributed by atoms with Gasteiger partial charge in [0.15, 0.2) is 0 Å². The van der Waals surface area contributed by atoms with E-state index in [1.165, 1.54) is 104 Å². The molecule has 0 N–H and O–H groups in total. The van der Waals surface area contributed by atoms with Crippen molar-refractivity contribution in [1.29, 1.82) is 0 Å². The Labute approximate surface area is 362 Å². The number of aromatic nitrogens is 2. The van der Waals surface area contributed by atoms with E-state index in [0.717, 1.165) is 10.4 Å². The van der Waals surface area contributed by atoms with Gasteiger partial charge in [-0.2, -0.15) is 0 Å². The minimum Gasteiger partial charge on any atom is -1.00 e. The van der Waals surface area contributed by atoms with Crippen LogP contribution in [0, 0.1) is 45.6 Å². The quantitative estimate of drug-likeness (QED) is 0.136. The molecule has 302 valence electrons. The summed E-state index contributed by atoms with van der Waals surface area (Å²) in [5.41, 5.74) is 19.0. The van der Waals surface area contributed by atoms with Crippen molar-refractivity contribution in [2.75, 3.05) is 0 Å². The molecule has 3 aromatic carbocycles. The van der Waals surface area contributed by atoms with E-state index in [1.807, 2.05) is 0 Å². The second-order valence-corrected chi connectivity index (χ2v) is 21.0. The Balaban J connectivity index is 0.000000242. The predicted molar refractivity (Wildman–Crippen MR) is 232 cm³/mol. The molecule has 0 amide bonds. The number of nitrogens with zero attached hydrogens (tertiary/aromatic N) is 2. The molecule has 0 saturated heterocycles. The van der Waals surface area contributed by atoms with E-state index in [9.17, 15) is 0 Å². The van der Waals surface area contributed by atoms with Gasteiger partial charge in [0.1, 0.15) is 0 Å². The number of hydrogen-bond donors (Lipinski definition) is 0. The summed E-state index contributed by atoms with van der Waals surface area (Å²) in [5, 5.41) is 0. The third-order valence-electron chi connectivity index (χ3n) is 12.8. The fraction of sp³-hybridized carbons (Fsp3) is 0.500. The Morgan fingerprint density at radius 1 is 0.571 bits per heavy atom.